The quantitative estimate of drug-likeness (QED) is 0.276. The summed E-state index contributed by atoms with van der Waals surface area (Å²) in [5.41, 5.74) is -1.70. The van der Waals surface area contributed by atoms with Gasteiger partial charge in [-0.15, -0.1) is 0 Å². The molecule has 0 aliphatic rings. The molecular formula is C10H6Cl2N2O6. The van der Waals surface area contributed by atoms with Crippen molar-refractivity contribution in [1.82, 2.24) is 0 Å². The van der Waals surface area contributed by atoms with E-state index in [0.29, 0.717) is 0 Å². The molecule has 0 fully saturated rings. The van der Waals surface area contributed by atoms with E-state index < -0.39 is 43.0 Å². The fraction of sp³-hybridized carbons (Fsp3) is 0.100. The lowest BCUT2D eigenvalue weighted by molar-refractivity contribution is -0.394. The third-order valence-electron chi connectivity index (χ3n) is 2.01. The summed E-state index contributed by atoms with van der Waals surface area (Å²) in [6.07, 6.45) is 2.34. The number of esters is 1. The van der Waals surface area contributed by atoms with E-state index in [0.717, 1.165) is 12.1 Å². The number of halogens is 2. The molecule has 0 heterocycles. The third kappa shape index (κ3) is 3.22. The summed E-state index contributed by atoms with van der Waals surface area (Å²) in [5.74, 6) is -1.57. The van der Waals surface area contributed by atoms with Crippen molar-refractivity contribution < 1.29 is 19.4 Å². The van der Waals surface area contributed by atoms with Gasteiger partial charge in [-0.1, -0.05) is 29.3 Å². The Balaban J connectivity index is 3.51. The highest BCUT2D eigenvalue weighted by atomic mass is 35.5. The maximum absolute atomic E-state index is 11.3. The maximum Gasteiger partial charge on any atom is 0.338 e. The fourth-order valence-corrected chi connectivity index (χ4v) is 1.76. The van der Waals surface area contributed by atoms with Gasteiger partial charge in [0.05, 0.1) is 14.9 Å². The van der Waals surface area contributed by atoms with E-state index in [1.54, 1.807) is 0 Å². The Hall–Kier alpha value is -2.19. The SMILES string of the molecule is CC=CC(=O)Oc1c(Cl)cc([N+](=O)[O-])c(Cl)c1[N+](=O)[O-]. The summed E-state index contributed by atoms with van der Waals surface area (Å²) in [4.78, 5) is 31.0. The Morgan fingerprint density at radius 3 is 2.35 bits per heavy atom. The van der Waals surface area contributed by atoms with Gasteiger partial charge in [-0.25, -0.2) is 4.79 Å². The van der Waals surface area contributed by atoms with Crippen LogP contribution in [-0.4, -0.2) is 15.8 Å². The van der Waals surface area contributed by atoms with Crippen molar-refractivity contribution in [2.45, 2.75) is 6.92 Å². The molecule has 0 amide bonds. The van der Waals surface area contributed by atoms with E-state index in [9.17, 15) is 25.0 Å². The summed E-state index contributed by atoms with van der Waals surface area (Å²) >= 11 is 11.3. The smallest absolute Gasteiger partial charge is 0.338 e. The van der Waals surface area contributed by atoms with Crippen LogP contribution in [0.3, 0.4) is 0 Å². The van der Waals surface area contributed by atoms with Crippen molar-refractivity contribution in [2.24, 2.45) is 0 Å². The van der Waals surface area contributed by atoms with Crippen LogP contribution in [0, 0.1) is 20.2 Å². The third-order valence-corrected chi connectivity index (χ3v) is 2.67. The van der Waals surface area contributed by atoms with Gasteiger partial charge in [0, 0.05) is 12.1 Å². The van der Waals surface area contributed by atoms with Crippen LogP contribution < -0.4 is 4.74 Å². The van der Waals surface area contributed by atoms with Crippen LogP contribution in [0.4, 0.5) is 11.4 Å². The minimum Gasteiger partial charge on any atom is -0.414 e. The second-order valence-corrected chi connectivity index (χ2v) is 4.09. The van der Waals surface area contributed by atoms with E-state index in [4.69, 9.17) is 23.2 Å². The number of nitro groups is 2. The lowest BCUT2D eigenvalue weighted by atomic mass is 10.2. The van der Waals surface area contributed by atoms with Gasteiger partial charge in [0.1, 0.15) is 0 Å². The summed E-state index contributed by atoms with van der Waals surface area (Å²) in [5, 5.41) is 20.4. The molecule has 0 saturated heterocycles. The van der Waals surface area contributed by atoms with Gasteiger partial charge >= 0.3 is 11.7 Å². The van der Waals surface area contributed by atoms with E-state index in [2.05, 4.69) is 4.74 Å². The number of nitro benzene ring substituents is 2. The molecule has 8 nitrogen and oxygen atoms in total. The Morgan fingerprint density at radius 1 is 1.30 bits per heavy atom. The lowest BCUT2D eigenvalue weighted by Gasteiger charge is -2.06. The Morgan fingerprint density at radius 2 is 1.90 bits per heavy atom. The van der Waals surface area contributed by atoms with Crippen LogP contribution in [0.5, 0.6) is 5.75 Å². The van der Waals surface area contributed by atoms with Crippen molar-refractivity contribution in [1.29, 1.82) is 0 Å². The van der Waals surface area contributed by atoms with Crippen molar-refractivity contribution in [3.05, 3.63) is 48.5 Å². The molecule has 0 N–H and O–H groups in total. The van der Waals surface area contributed by atoms with Crippen LogP contribution in [0.25, 0.3) is 0 Å². The zero-order valence-corrected chi connectivity index (χ0v) is 11.3. The molecule has 0 radical (unpaired) electrons. The summed E-state index contributed by atoms with van der Waals surface area (Å²) in [7, 11) is 0. The number of nitrogens with zero attached hydrogens (tertiary/aromatic N) is 2. The number of ether oxygens (including phenoxy) is 1. The van der Waals surface area contributed by atoms with Crippen molar-refractivity contribution >= 4 is 40.5 Å². The average molecular weight is 321 g/mol. The molecule has 0 bridgehead atoms. The van der Waals surface area contributed by atoms with Gasteiger partial charge in [-0.05, 0) is 6.92 Å². The van der Waals surface area contributed by atoms with Crippen LogP contribution >= 0.6 is 23.2 Å². The summed E-state index contributed by atoms with van der Waals surface area (Å²) in [6, 6.07) is 0.773. The highest BCUT2D eigenvalue weighted by Crippen LogP contribution is 2.45. The van der Waals surface area contributed by atoms with Crippen molar-refractivity contribution in [3.63, 3.8) is 0 Å². The monoisotopic (exact) mass is 320 g/mol. The highest BCUT2D eigenvalue weighted by molar-refractivity contribution is 6.38. The first-order valence-electron chi connectivity index (χ1n) is 4.94. The number of rotatable bonds is 4. The van der Waals surface area contributed by atoms with Gasteiger partial charge < -0.3 is 4.74 Å². The number of carbonyl (C=O) groups excluding carboxylic acids is 1. The number of allylic oxidation sites excluding steroid dienone is 1. The van der Waals surface area contributed by atoms with Gasteiger partial charge in [0.25, 0.3) is 5.69 Å². The Kier molecular flexibility index (Phi) is 5.00. The van der Waals surface area contributed by atoms with E-state index in [1.165, 1.54) is 13.0 Å². The predicted octanol–water partition coefficient (Wildman–Crippen LogP) is 3.29. The largest absolute Gasteiger partial charge is 0.414 e. The first-order chi connectivity index (χ1) is 9.29. The summed E-state index contributed by atoms with van der Waals surface area (Å²) in [6.45, 7) is 1.53. The molecule has 0 aromatic heterocycles. The van der Waals surface area contributed by atoms with Crippen LogP contribution in [0.15, 0.2) is 18.2 Å². The van der Waals surface area contributed by atoms with E-state index in [1.807, 2.05) is 0 Å². The number of carbonyl (C=O) groups is 1. The minimum absolute atomic E-state index is 0.467. The normalized spacial score (nSPS) is 10.6. The second kappa shape index (κ2) is 6.31. The molecule has 0 unspecified atom stereocenters. The molecule has 0 aliphatic heterocycles. The Bertz CT molecular complexity index is 629. The average Bonchev–Trinajstić information content (AvgIpc) is 2.32. The van der Waals surface area contributed by atoms with Crippen molar-refractivity contribution in [3.8, 4) is 5.75 Å². The first kappa shape index (κ1) is 15.9. The number of hydrogen-bond donors (Lipinski definition) is 0. The van der Waals surface area contributed by atoms with Gasteiger partial charge in [0.2, 0.25) is 5.75 Å². The van der Waals surface area contributed by atoms with Crippen LogP contribution in [-0.2, 0) is 4.79 Å². The van der Waals surface area contributed by atoms with E-state index in [-0.39, 0.29) is 0 Å². The van der Waals surface area contributed by atoms with Gasteiger partial charge in [-0.2, -0.15) is 0 Å². The highest BCUT2D eigenvalue weighted by Gasteiger charge is 2.32. The topological polar surface area (TPSA) is 113 Å². The molecule has 0 aliphatic carbocycles. The van der Waals surface area contributed by atoms with Gasteiger partial charge in [-0.3, -0.25) is 20.2 Å². The molecule has 106 valence electrons. The molecule has 1 aromatic carbocycles. The number of benzene rings is 1. The second-order valence-electron chi connectivity index (χ2n) is 3.30. The predicted molar refractivity (Wildman–Crippen MR) is 70.2 cm³/mol. The van der Waals surface area contributed by atoms with Crippen molar-refractivity contribution in [2.75, 3.05) is 0 Å². The molecule has 1 aromatic rings. The molecule has 0 saturated carbocycles. The molecular weight excluding hydrogens is 315 g/mol. The zero-order chi connectivity index (χ0) is 15.4. The zero-order valence-electron chi connectivity index (χ0n) is 9.83. The molecule has 10 heteroatoms. The van der Waals surface area contributed by atoms with E-state index >= 15 is 0 Å². The minimum atomic E-state index is -1.01. The Labute approximate surface area is 121 Å². The number of hydrogen-bond acceptors (Lipinski definition) is 6. The fourth-order valence-electron chi connectivity index (χ4n) is 1.25. The first-order valence-corrected chi connectivity index (χ1v) is 5.70. The summed E-state index contributed by atoms with van der Waals surface area (Å²) < 4.78 is 4.69. The van der Waals surface area contributed by atoms with Crippen LogP contribution in [0.1, 0.15) is 6.92 Å². The standard InChI is InChI=1S/C10H6Cl2N2O6/c1-2-3-7(15)20-10-5(11)4-6(13(16)17)8(12)9(10)14(18)19/h2-4H,1H3. The lowest BCUT2D eigenvalue weighted by Crippen LogP contribution is -2.07. The maximum atomic E-state index is 11.3. The van der Waals surface area contributed by atoms with Crippen LogP contribution in [0.2, 0.25) is 10.0 Å². The molecule has 0 spiro atoms. The molecule has 1 rings (SSSR count). The molecule has 20 heavy (non-hydrogen) atoms. The molecule has 0 atom stereocenters. The van der Waals surface area contributed by atoms with Gasteiger partial charge in [0.15, 0.2) is 5.02 Å².